The summed E-state index contributed by atoms with van der Waals surface area (Å²) in [5.74, 6) is -0.307. The third-order valence-electron chi connectivity index (χ3n) is 0.330. The van der Waals surface area contributed by atoms with Crippen molar-refractivity contribution in [1.29, 1.82) is 0 Å². The maximum atomic E-state index is 4.94. The van der Waals surface area contributed by atoms with E-state index in [1.165, 1.54) is 0 Å². The van der Waals surface area contributed by atoms with Gasteiger partial charge in [-0.3, -0.25) is 0 Å². The van der Waals surface area contributed by atoms with Crippen LogP contribution >= 0.6 is 11.8 Å². The fourth-order valence-electron chi connectivity index (χ4n) is 0.151. The van der Waals surface area contributed by atoms with Gasteiger partial charge in [0.1, 0.15) is 0 Å². The summed E-state index contributed by atoms with van der Waals surface area (Å²) in [6.45, 7) is 0. The molecule has 6 nitrogen and oxygen atoms in total. The van der Waals surface area contributed by atoms with Gasteiger partial charge >= 0.3 is 0 Å². The highest BCUT2D eigenvalue weighted by atomic mass is 35.5. The van der Waals surface area contributed by atoms with Gasteiger partial charge in [0, 0.05) is 11.8 Å². The van der Waals surface area contributed by atoms with E-state index in [1.807, 2.05) is 0 Å². The second kappa shape index (κ2) is 5.13. The average Bonchev–Trinajstić information content (AvgIpc) is 1.65. The second-order valence-electron chi connectivity index (χ2n) is 0.979. The molecular formula is C2H8ClN5O. The Morgan fingerprint density at radius 2 is 1.67 bits per heavy atom. The van der Waals surface area contributed by atoms with Crippen LogP contribution < -0.4 is 17.2 Å². The van der Waals surface area contributed by atoms with Gasteiger partial charge in [-0.25, -0.2) is 0 Å². The van der Waals surface area contributed by atoms with Gasteiger partial charge in [0.05, 0.1) is 0 Å². The molecule has 9 heavy (non-hydrogen) atoms. The van der Waals surface area contributed by atoms with Crippen LogP contribution in [0.5, 0.6) is 0 Å². The Morgan fingerprint density at radius 3 is 1.78 bits per heavy atom. The van der Waals surface area contributed by atoms with Gasteiger partial charge in [0.25, 0.3) is 0 Å². The predicted octanol–water partition coefficient (Wildman–Crippen LogP) is -2.10. The minimum atomic E-state index is -0.160. The summed E-state index contributed by atoms with van der Waals surface area (Å²) in [5.41, 5.74) is 14.7. The molecule has 0 aliphatic heterocycles. The van der Waals surface area contributed by atoms with Gasteiger partial charge in [-0.15, -0.1) is 4.51 Å². The van der Waals surface area contributed by atoms with E-state index in [-0.39, 0.29) is 17.4 Å². The van der Waals surface area contributed by atoms with Gasteiger partial charge in [-0.1, -0.05) is 0 Å². The highest BCUT2D eigenvalue weighted by Crippen LogP contribution is 1.75. The van der Waals surface area contributed by atoms with Gasteiger partial charge in [0.2, 0.25) is 5.96 Å². The molecule has 0 heterocycles. The lowest BCUT2D eigenvalue weighted by molar-refractivity contribution is 0.824. The second-order valence-corrected chi connectivity index (χ2v) is 1.15. The Kier molecular flexibility index (Phi) is 6.21. The van der Waals surface area contributed by atoms with E-state index in [4.69, 9.17) is 29.0 Å². The molecule has 0 saturated carbocycles. The van der Waals surface area contributed by atoms with E-state index in [1.54, 1.807) is 0 Å². The molecule has 8 N–H and O–H groups in total. The summed E-state index contributed by atoms with van der Waals surface area (Å²) in [6.07, 6.45) is 0. The number of guanidine groups is 2. The molecule has 0 aromatic carbocycles. The molecule has 0 spiro atoms. The van der Waals surface area contributed by atoms with Crippen molar-refractivity contribution >= 4 is 23.7 Å². The first-order valence-corrected chi connectivity index (χ1v) is 2.04. The average molecular weight is 154 g/mol. The van der Waals surface area contributed by atoms with Gasteiger partial charge in [-0.2, -0.15) is 4.99 Å². The molecule has 0 fully saturated rings. The zero-order valence-electron chi connectivity index (χ0n) is 4.50. The number of aliphatic imine (C=N–C) groups is 1. The Balaban J connectivity index is 0. The summed E-state index contributed by atoms with van der Waals surface area (Å²) in [6, 6.07) is 0. The molecule has 0 aromatic heterocycles. The summed E-state index contributed by atoms with van der Waals surface area (Å²) in [7, 11) is 0. The van der Waals surface area contributed by atoms with Crippen LogP contribution in [0.4, 0.5) is 0 Å². The molecule has 54 valence electrons. The van der Waals surface area contributed by atoms with E-state index in [2.05, 4.69) is 9.50 Å². The molecule has 7 heteroatoms. The van der Waals surface area contributed by atoms with E-state index in [9.17, 15) is 0 Å². The monoisotopic (exact) mass is 153 g/mol. The Morgan fingerprint density at radius 1 is 1.22 bits per heavy atom. The van der Waals surface area contributed by atoms with Crippen molar-refractivity contribution in [3.05, 3.63) is 0 Å². The highest BCUT2D eigenvalue weighted by Gasteiger charge is 1.82. The van der Waals surface area contributed by atoms with Crippen molar-refractivity contribution in [3.8, 4) is 0 Å². The van der Waals surface area contributed by atoms with Crippen molar-refractivity contribution in [3.63, 3.8) is 0 Å². The summed E-state index contributed by atoms with van der Waals surface area (Å²) < 4.78 is 2.95. The minimum absolute atomic E-state index is 0. The molecule has 0 radical (unpaired) electrons. The molecule has 0 saturated heterocycles. The van der Waals surface area contributed by atoms with Crippen molar-refractivity contribution in [1.82, 2.24) is 0 Å². The summed E-state index contributed by atoms with van der Waals surface area (Å²) in [4.78, 5) is 3.26. The van der Waals surface area contributed by atoms with Crippen molar-refractivity contribution in [2.24, 2.45) is 26.7 Å². The number of hydrogen-bond donors (Lipinski definition) is 3. The first-order valence-electron chi connectivity index (χ1n) is 1.71. The smallest absolute Gasteiger partial charge is 0.235 e. The first-order chi connectivity index (χ1) is 3.66. The normalized spacial score (nSPS) is 9.67. The minimum Gasteiger partial charge on any atom is -0.412 e. The standard InChI is InChI=1S/C2H6ClN5.H2O/c3-8-2(6)7-1(4)5;/h(H6,4,5,6,7,8);1H2. The lowest BCUT2D eigenvalue weighted by Gasteiger charge is -1.86. The fraction of sp³-hybridized carbons (Fsp3) is 0. The number of nitrogens with two attached hydrogens (primary N) is 3. The van der Waals surface area contributed by atoms with Gasteiger partial charge in [0.15, 0.2) is 5.96 Å². The van der Waals surface area contributed by atoms with Crippen LogP contribution in [0.2, 0.25) is 0 Å². The van der Waals surface area contributed by atoms with Crippen LogP contribution in [-0.2, 0) is 0 Å². The first kappa shape index (κ1) is 10.9. The molecule has 0 aromatic rings. The number of hydrogen-bond acceptors (Lipinski definition) is 1. The summed E-state index contributed by atoms with van der Waals surface area (Å²) in [5, 5.41) is 0. The third kappa shape index (κ3) is 6.99. The van der Waals surface area contributed by atoms with Crippen molar-refractivity contribution in [2.75, 3.05) is 0 Å². The zero-order chi connectivity index (χ0) is 6.57. The van der Waals surface area contributed by atoms with Gasteiger partial charge in [-0.05, 0) is 0 Å². The lowest BCUT2D eigenvalue weighted by atomic mass is 11.0. The maximum Gasteiger partial charge on any atom is 0.235 e. The summed E-state index contributed by atoms with van der Waals surface area (Å²) >= 11 is 4.84. The Labute approximate surface area is 56.8 Å². The highest BCUT2D eigenvalue weighted by molar-refractivity contribution is 6.20. The SMILES string of the molecule is NC(N)=NC(N)=NCl.O. The molecule has 0 unspecified atom stereocenters. The quantitative estimate of drug-likeness (QED) is 0.272. The van der Waals surface area contributed by atoms with Crippen LogP contribution in [0.3, 0.4) is 0 Å². The molecular weight excluding hydrogens is 146 g/mol. The number of nitrogens with zero attached hydrogens (tertiary/aromatic N) is 2. The Hall–Kier alpha value is -1.01. The fourth-order valence-corrected chi connectivity index (χ4v) is 0.189. The lowest BCUT2D eigenvalue weighted by Crippen LogP contribution is -2.26. The number of rotatable bonds is 0. The van der Waals surface area contributed by atoms with Crippen LogP contribution in [0.25, 0.3) is 0 Å². The van der Waals surface area contributed by atoms with Crippen molar-refractivity contribution < 1.29 is 5.48 Å². The molecule has 0 aliphatic carbocycles. The van der Waals surface area contributed by atoms with E-state index < -0.39 is 0 Å². The largest absolute Gasteiger partial charge is 0.412 e. The molecule has 0 aliphatic rings. The molecule has 0 atom stereocenters. The van der Waals surface area contributed by atoms with E-state index >= 15 is 0 Å². The molecule has 0 rings (SSSR count). The van der Waals surface area contributed by atoms with Crippen LogP contribution in [0.15, 0.2) is 9.50 Å². The molecule has 0 amide bonds. The zero-order valence-corrected chi connectivity index (χ0v) is 5.26. The van der Waals surface area contributed by atoms with Crippen LogP contribution in [0.1, 0.15) is 0 Å². The topological polar surface area (TPSA) is 134 Å². The van der Waals surface area contributed by atoms with Crippen molar-refractivity contribution in [2.45, 2.75) is 0 Å². The number of halogens is 1. The van der Waals surface area contributed by atoms with Crippen LogP contribution in [-0.4, -0.2) is 17.4 Å². The third-order valence-corrected chi connectivity index (χ3v) is 0.503. The Bertz CT molecular complexity index is 127. The molecule has 0 bridgehead atoms. The van der Waals surface area contributed by atoms with Gasteiger partial charge < -0.3 is 22.7 Å². The van der Waals surface area contributed by atoms with E-state index in [0.717, 1.165) is 0 Å². The van der Waals surface area contributed by atoms with E-state index in [0.29, 0.717) is 0 Å². The van der Waals surface area contributed by atoms with Crippen LogP contribution in [0, 0.1) is 0 Å². The predicted molar refractivity (Wildman–Crippen MR) is 36.9 cm³/mol. The maximum absolute atomic E-state index is 4.94.